The van der Waals surface area contributed by atoms with E-state index in [-0.39, 0.29) is 0 Å². The zero-order chi connectivity index (χ0) is 13.2. The summed E-state index contributed by atoms with van der Waals surface area (Å²) in [5.41, 5.74) is 7.91. The molecule has 0 aliphatic rings. The van der Waals surface area contributed by atoms with Gasteiger partial charge in [-0.1, -0.05) is 12.1 Å². The van der Waals surface area contributed by atoms with Crippen molar-refractivity contribution in [1.82, 2.24) is 0 Å². The SMILES string of the molecule is COCCCOCCN(C)c1ccc(CN)cc1. The number of methoxy groups -OCH3 is 1. The van der Waals surface area contributed by atoms with Gasteiger partial charge in [0, 0.05) is 46.1 Å². The Morgan fingerprint density at radius 1 is 1.11 bits per heavy atom. The van der Waals surface area contributed by atoms with Crippen LogP contribution >= 0.6 is 0 Å². The minimum absolute atomic E-state index is 0.590. The lowest BCUT2D eigenvalue weighted by atomic mass is 10.2. The molecular weight excluding hydrogens is 228 g/mol. The number of rotatable bonds is 9. The topological polar surface area (TPSA) is 47.7 Å². The summed E-state index contributed by atoms with van der Waals surface area (Å²) in [6, 6.07) is 8.30. The van der Waals surface area contributed by atoms with E-state index in [9.17, 15) is 0 Å². The normalized spacial score (nSPS) is 10.6. The monoisotopic (exact) mass is 252 g/mol. The predicted molar refractivity (Wildman–Crippen MR) is 74.9 cm³/mol. The minimum atomic E-state index is 0.590. The van der Waals surface area contributed by atoms with Crippen molar-refractivity contribution < 1.29 is 9.47 Å². The first-order chi connectivity index (χ1) is 8.77. The van der Waals surface area contributed by atoms with E-state index < -0.39 is 0 Å². The van der Waals surface area contributed by atoms with Crippen LogP contribution < -0.4 is 10.6 Å². The van der Waals surface area contributed by atoms with Gasteiger partial charge in [0.25, 0.3) is 0 Å². The Morgan fingerprint density at radius 2 is 1.83 bits per heavy atom. The average Bonchev–Trinajstić information content (AvgIpc) is 2.42. The second-order valence-corrected chi connectivity index (χ2v) is 4.25. The highest BCUT2D eigenvalue weighted by Gasteiger charge is 2.00. The summed E-state index contributed by atoms with van der Waals surface area (Å²) in [6.45, 7) is 3.73. The second kappa shape index (κ2) is 8.91. The Labute approximate surface area is 110 Å². The van der Waals surface area contributed by atoms with Crippen molar-refractivity contribution in [2.75, 3.05) is 45.4 Å². The lowest BCUT2D eigenvalue weighted by molar-refractivity contribution is 0.107. The average molecular weight is 252 g/mol. The van der Waals surface area contributed by atoms with Gasteiger partial charge in [-0.25, -0.2) is 0 Å². The molecule has 0 fully saturated rings. The summed E-state index contributed by atoms with van der Waals surface area (Å²) in [4.78, 5) is 2.18. The molecular formula is C14H24N2O2. The molecule has 1 aromatic rings. The summed E-state index contributed by atoms with van der Waals surface area (Å²) in [6.07, 6.45) is 0.950. The van der Waals surface area contributed by atoms with Crippen molar-refractivity contribution in [3.63, 3.8) is 0 Å². The third-order valence-electron chi connectivity index (χ3n) is 2.82. The largest absolute Gasteiger partial charge is 0.385 e. The molecule has 0 amide bonds. The molecule has 1 rings (SSSR count). The third kappa shape index (κ3) is 5.49. The van der Waals surface area contributed by atoms with Crippen LogP contribution in [0.5, 0.6) is 0 Å². The van der Waals surface area contributed by atoms with Gasteiger partial charge in [-0.05, 0) is 24.1 Å². The fraction of sp³-hybridized carbons (Fsp3) is 0.571. The zero-order valence-electron chi connectivity index (χ0n) is 11.4. The number of nitrogens with zero attached hydrogens (tertiary/aromatic N) is 1. The molecule has 0 saturated heterocycles. The fourth-order valence-corrected chi connectivity index (χ4v) is 1.62. The number of hydrogen-bond donors (Lipinski definition) is 1. The standard InChI is InChI=1S/C14H24N2O2/c1-16(8-11-18-10-3-9-17-2)14-6-4-13(12-15)5-7-14/h4-7H,3,8-12,15H2,1-2H3. The van der Waals surface area contributed by atoms with Crippen molar-refractivity contribution in [2.24, 2.45) is 5.73 Å². The van der Waals surface area contributed by atoms with E-state index in [0.29, 0.717) is 6.54 Å². The molecule has 0 atom stereocenters. The number of benzene rings is 1. The maximum absolute atomic E-state index is 5.57. The van der Waals surface area contributed by atoms with Crippen LogP contribution in [0.25, 0.3) is 0 Å². The highest BCUT2D eigenvalue weighted by molar-refractivity contribution is 5.46. The Hall–Kier alpha value is -1.10. The van der Waals surface area contributed by atoms with Crippen molar-refractivity contribution in [2.45, 2.75) is 13.0 Å². The maximum atomic E-state index is 5.57. The molecule has 0 spiro atoms. The van der Waals surface area contributed by atoms with Gasteiger partial charge in [0.1, 0.15) is 0 Å². The van der Waals surface area contributed by atoms with Crippen molar-refractivity contribution in [3.8, 4) is 0 Å². The second-order valence-electron chi connectivity index (χ2n) is 4.25. The van der Waals surface area contributed by atoms with E-state index in [2.05, 4.69) is 36.2 Å². The van der Waals surface area contributed by atoms with Gasteiger partial charge in [-0.3, -0.25) is 0 Å². The molecule has 0 aromatic heterocycles. The number of anilines is 1. The minimum Gasteiger partial charge on any atom is -0.385 e. The number of likely N-dealkylation sites (N-methyl/N-ethyl adjacent to an activating group) is 1. The lowest BCUT2D eigenvalue weighted by Crippen LogP contribution is -2.22. The molecule has 0 radical (unpaired) electrons. The molecule has 2 N–H and O–H groups in total. The van der Waals surface area contributed by atoms with E-state index >= 15 is 0 Å². The molecule has 0 unspecified atom stereocenters. The van der Waals surface area contributed by atoms with Crippen LogP contribution in [-0.2, 0) is 16.0 Å². The van der Waals surface area contributed by atoms with Crippen molar-refractivity contribution in [3.05, 3.63) is 29.8 Å². The summed E-state index contributed by atoms with van der Waals surface area (Å²) >= 11 is 0. The van der Waals surface area contributed by atoms with Gasteiger partial charge in [-0.15, -0.1) is 0 Å². The lowest BCUT2D eigenvalue weighted by Gasteiger charge is -2.19. The van der Waals surface area contributed by atoms with Crippen LogP contribution in [0.2, 0.25) is 0 Å². The van der Waals surface area contributed by atoms with Gasteiger partial charge in [0.05, 0.1) is 6.61 Å². The summed E-state index contributed by atoms with van der Waals surface area (Å²) < 4.78 is 10.5. The van der Waals surface area contributed by atoms with Gasteiger partial charge < -0.3 is 20.1 Å². The highest BCUT2D eigenvalue weighted by atomic mass is 16.5. The predicted octanol–water partition coefficient (Wildman–Crippen LogP) is 1.63. The Balaban J connectivity index is 2.21. The molecule has 0 aliphatic carbocycles. The number of nitrogens with two attached hydrogens (primary N) is 1. The molecule has 0 aliphatic heterocycles. The van der Waals surface area contributed by atoms with Crippen molar-refractivity contribution in [1.29, 1.82) is 0 Å². The van der Waals surface area contributed by atoms with Crippen molar-refractivity contribution >= 4 is 5.69 Å². The zero-order valence-corrected chi connectivity index (χ0v) is 11.4. The first-order valence-electron chi connectivity index (χ1n) is 6.34. The molecule has 4 nitrogen and oxygen atoms in total. The summed E-state index contributed by atoms with van der Waals surface area (Å²) in [7, 11) is 3.77. The van der Waals surface area contributed by atoms with Crippen LogP contribution in [0.15, 0.2) is 24.3 Å². The molecule has 0 heterocycles. The van der Waals surface area contributed by atoms with Gasteiger partial charge >= 0.3 is 0 Å². The molecule has 4 heteroatoms. The molecule has 18 heavy (non-hydrogen) atoms. The molecule has 1 aromatic carbocycles. The van der Waals surface area contributed by atoms with Crippen LogP contribution in [0.4, 0.5) is 5.69 Å². The van der Waals surface area contributed by atoms with Gasteiger partial charge in [-0.2, -0.15) is 0 Å². The fourth-order valence-electron chi connectivity index (χ4n) is 1.62. The summed E-state index contributed by atoms with van der Waals surface area (Å²) in [5, 5.41) is 0. The van der Waals surface area contributed by atoms with E-state index in [1.807, 2.05) is 0 Å². The Morgan fingerprint density at radius 3 is 2.44 bits per heavy atom. The van der Waals surface area contributed by atoms with E-state index in [1.165, 1.54) is 5.69 Å². The molecule has 0 bridgehead atoms. The van der Waals surface area contributed by atoms with Crippen LogP contribution in [0, 0.1) is 0 Å². The molecule has 102 valence electrons. The van der Waals surface area contributed by atoms with E-state index in [4.69, 9.17) is 15.2 Å². The first kappa shape index (κ1) is 15.0. The third-order valence-corrected chi connectivity index (χ3v) is 2.82. The highest BCUT2D eigenvalue weighted by Crippen LogP contribution is 2.13. The Kier molecular flexibility index (Phi) is 7.41. The molecule has 0 saturated carbocycles. The van der Waals surface area contributed by atoms with Gasteiger partial charge in [0.2, 0.25) is 0 Å². The van der Waals surface area contributed by atoms with Crippen LogP contribution in [0.1, 0.15) is 12.0 Å². The van der Waals surface area contributed by atoms with Gasteiger partial charge in [0.15, 0.2) is 0 Å². The smallest absolute Gasteiger partial charge is 0.0641 e. The summed E-state index contributed by atoms with van der Waals surface area (Å²) in [5.74, 6) is 0. The quantitative estimate of drug-likeness (QED) is 0.679. The number of ether oxygens (including phenoxy) is 2. The van der Waals surface area contributed by atoms with Crippen LogP contribution in [-0.4, -0.2) is 40.5 Å². The van der Waals surface area contributed by atoms with Crippen LogP contribution in [0.3, 0.4) is 0 Å². The first-order valence-corrected chi connectivity index (χ1v) is 6.34. The van der Waals surface area contributed by atoms with E-state index in [1.54, 1.807) is 7.11 Å². The maximum Gasteiger partial charge on any atom is 0.0641 e. The Bertz CT molecular complexity index is 314. The number of hydrogen-bond acceptors (Lipinski definition) is 4. The van der Waals surface area contributed by atoms with E-state index in [0.717, 1.165) is 38.3 Å².